The number of amides is 1. The first kappa shape index (κ1) is 14.1. The third-order valence-corrected chi connectivity index (χ3v) is 2.90. The van der Waals surface area contributed by atoms with Crippen molar-refractivity contribution in [2.24, 2.45) is 0 Å². The van der Waals surface area contributed by atoms with Gasteiger partial charge in [0, 0.05) is 11.3 Å². The number of nitrogens with one attached hydrogen (secondary N) is 2. The van der Waals surface area contributed by atoms with E-state index < -0.39 is 0 Å². The minimum atomic E-state index is -0.372. The summed E-state index contributed by atoms with van der Waals surface area (Å²) in [5.74, 6) is -0.667. The molecule has 2 aromatic carbocycles. The van der Waals surface area contributed by atoms with Gasteiger partial charge < -0.3 is 5.32 Å². The lowest BCUT2D eigenvalue weighted by Gasteiger charge is -2.10. The third kappa shape index (κ3) is 3.61. The summed E-state index contributed by atoms with van der Waals surface area (Å²) in [7, 11) is 0. The van der Waals surface area contributed by atoms with E-state index in [4.69, 9.17) is 12.2 Å². The molecule has 102 valence electrons. The summed E-state index contributed by atoms with van der Waals surface area (Å²) >= 11 is 5.03. The van der Waals surface area contributed by atoms with Crippen molar-refractivity contribution in [3.63, 3.8) is 0 Å². The Morgan fingerprint density at radius 1 is 1.15 bits per heavy atom. The molecule has 0 spiro atoms. The van der Waals surface area contributed by atoms with E-state index in [1.807, 2.05) is 19.1 Å². The lowest BCUT2D eigenvalue weighted by molar-refractivity contribution is 0.0977. The normalized spacial score (nSPS) is 9.90. The second-order valence-electron chi connectivity index (χ2n) is 4.23. The fourth-order valence-electron chi connectivity index (χ4n) is 1.73. The Labute approximate surface area is 121 Å². The van der Waals surface area contributed by atoms with Gasteiger partial charge in [-0.2, -0.15) is 0 Å². The Balaban J connectivity index is 2.02. The zero-order valence-electron chi connectivity index (χ0n) is 10.8. The molecule has 0 heterocycles. The van der Waals surface area contributed by atoms with Gasteiger partial charge in [0.1, 0.15) is 5.82 Å². The summed E-state index contributed by atoms with van der Waals surface area (Å²) < 4.78 is 13.0. The van der Waals surface area contributed by atoms with Crippen molar-refractivity contribution in [3.05, 3.63) is 65.5 Å². The molecule has 0 bridgehead atoms. The molecule has 0 aromatic heterocycles. The molecule has 0 aliphatic heterocycles. The molecular weight excluding hydrogens is 275 g/mol. The highest BCUT2D eigenvalue weighted by molar-refractivity contribution is 7.80. The fourth-order valence-corrected chi connectivity index (χ4v) is 1.94. The Kier molecular flexibility index (Phi) is 4.42. The maximum Gasteiger partial charge on any atom is 0.257 e. The standard InChI is InChI=1S/C15H13FN2OS/c1-10-5-2-3-8-13(10)14(19)18-15(20)17-12-7-4-6-11(16)9-12/h2-9H,1H3,(H2,17,18,19,20). The molecule has 0 atom stereocenters. The number of halogens is 1. The van der Waals surface area contributed by atoms with Crippen molar-refractivity contribution in [3.8, 4) is 0 Å². The van der Waals surface area contributed by atoms with E-state index >= 15 is 0 Å². The van der Waals surface area contributed by atoms with Crippen LogP contribution >= 0.6 is 12.2 Å². The summed E-state index contributed by atoms with van der Waals surface area (Å²) in [6.45, 7) is 1.85. The minimum absolute atomic E-state index is 0.129. The van der Waals surface area contributed by atoms with E-state index in [0.717, 1.165) is 5.56 Å². The Morgan fingerprint density at radius 2 is 1.90 bits per heavy atom. The average Bonchev–Trinajstić information content (AvgIpc) is 2.38. The van der Waals surface area contributed by atoms with Crippen LogP contribution in [0.2, 0.25) is 0 Å². The van der Waals surface area contributed by atoms with Gasteiger partial charge in [-0.05, 0) is 49.0 Å². The number of carbonyl (C=O) groups excluding carboxylic acids is 1. The summed E-state index contributed by atoms with van der Waals surface area (Å²) in [5, 5.41) is 5.45. The van der Waals surface area contributed by atoms with Crippen LogP contribution in [-0.2, 0) is 0 Å². The maximum absolute atomic E-state index is 13.0. The lowest BCUT2D eigenvalue weighted by Crippen LogP contribution is -2.34. The molecule has 1 amide bonds. The van der Waals surface area contributed by atoms with Crippen molar-refractivity contribution in [2.45, 2.75) is 6.92 Å². The van der Waals surface area contributed by atoms with Gasteiger partial charge in [-0.3, -0.25) is 10.1 Å². The molecule has 0 fully saturated rings. The van der Waals surface area contributed by atoms with E-state index in [9.17, 15) is 9.18 Å². The molecular formula is C15H13FN2OS. The quantitative estimate of drug-likeness (QED) is 0.833. The molecule has 0 aliphatic carbocycles. The molecule has 20 heavy (non-hydrogen) atoms. The van der Waals surface area contributed by atoms with E-state index in [-0.39, 0.29) is 16.8 Å². The Hall–Kier alpha value is -2.27. The van der Waals surface area contributed by atoms with Crippen LogP contribution in [0.3, 0.4) is 0 Å². The molecule has 2 rings (SSSR count). The average molecular weight is 288 g/mol. The Morgan fingerprint density at radius 3 is 2.60 bits per heavy atom. The highest BCUT2D eigenvalue weighted by Crippen LogP contribution is 2.10. The van der Waals surface area contributed by atoms with Crippen LogP contribution in [0.5, 0.6) is 0 Å². The topological polar surface area (TPSA) is 41.1 Å². The highest BCUT2D eigenvalue weighted by atomic mass is 32.1. The molecule has 0 saturated carbocycles. The first-order valence-electron chi connectivity index (χ1n) is 6.00. The monoisotopic (exact) mass is 288 g/mol. The molecule has 0 unspecified atom stereocenters. The number of benzene rings is 2. The van der Waals surface area contributed by atoms with Gasteiger partial charge >= 0.3 is 0 Å². The summed E-state index contributed by atoms with van der Waals surface area (Å²) in [5.41, 5.74) is 1.90. The van der Waals surface area contributed by atoms with E-state index in [2.05, 4.69) is 10.6 Å². The number of rotatable bonds is 2. The predicted octanol–water partition coefficient (Wildman–Crippen LogP) is 3.26. The molecule has 0 radical (unpaired) electrons. The second kappa shape index (κ2) is 6.25. The number of anilines is 1. The molecule has 0 saturated heterocycles. The van der Waals surface area contributed by atoms with Gasteiger partial charge in [0.15, 0.2) is 5.11 Å². The van der Waals surface area contributed by atoms with Crippen molar-refractivity contribution >= 4 is 28.9 Å². The van der Waals surface area contributed by atoms with E-state index in [1.54, 1.807) is 24.3 Å². The summed E-state index contributed by atoms with van der Waals surface area (Å²) in [6.07, 6.45) is 0. The number of carbonyl (C=O) groups is 1. The van der Waals surface area contributed by atoms with Crippen LogP contribution in [0.4, 0.5) is 10.1 Å². The second-order valence-corrected chi connectivity index (χ2v) is 4.64. The van der Waals surface area contributed by atoms with Gasteiger partial charge in [0.25, 0.3) is 5.91 Å². The third-order valence-electron chi connectivity index (χ3n) is 2.70. The molecule has 0 aliphatic rings. The van der Waals surface area contributed by atoms with Gasteiger partial charge in [0.05, 0.1) is 0 Å². The van der Waals surface area contributed by atoms with Crippen molar-refractivity contribution < 1.29 is 9.18 Å². The van der Waals surface area contributed by atoms with Crippen LogP contribution in [-0.4, -0.2) is 11.0 Å². The number of hydrogen-bond donors (Lipinski definition) is 2. The molecule has 3 nitrogen and oxygen atoms in total. The number of hydrogen-bond acceptors (Lipinski definition) is 2. The van der Waals surface area contributed by atoms with Gasteiger partial charge in [0.2, 0.25) is 0 Å². The van der Waals surface area contributed by atoms with Crippen molar-refractivity contribution in [1.82, 2.24) is 5.32 Å². The largest absolute Gasteiger partial charge is 0.332 e. The van der Waals surface area contributed by atoms with E-state index in [1.165, 1.54) is 12.1 Å². The smallest absolute Gasteiger partial charge is 0.257 e. The van der Waals surface area contributed by atoms with Gasteiger partial charge in [-0.25, -0.2) is 4.39 Å². The zero-order chi connectivity index (χ0) is 14.5. The summed E-state index contributed by atoms with van der Waals surface area (Å²) in [4.78, 5) is 12.0. The molecule has 5 heteroatoms. The van der Waals surface area contributed by atoms with Crippen molar-refractivity contribution in [2.75, 3.05) is 5.32 Å². The van der Waals surface area contributed by atoms with Gasteiger partial charge in [-0.1, -0.05) is 24.3 Å². The van der Waals surface area contributed by atoms with Crippen LogP contribution in [0.15, 0.2) is 48.5 Å². The SMILES string of the molecule is Cc1ccccc1C(=O)NC(=S)Nc1cccc(F)c1. The number of aryl methyl sites for hydroxylation is 1. The van der Waals surface area contributed by atoms with Crippen LogP contribution < -0.4 is 10.6 Å². The first-order chi connectivity index (χ1) is 9.56. The van der Waals surface area contributed by atoms with Crippen LogP contribution in [0.25, 0.3) is 0 Å². The lowest BCUT2D eigenvalue weighted by atomic mass is 10.1. The summed E-state index contributed by atoms with van der Waals surface area (Å²) in [6, 6.07) is 13.1. The maximum atomic E-state index is 13.0. The fraction of sp³-hybridized carbons (Fsp3) is 0.0667. The Bertz CT molecular complexity index is 658. The minimum Gasteiger partial charge on any atom is -0.332 e. The number of thiocarbonyl (C=S) groups is 1. The first-order valence-corrected chi connectivity index (χ1v) is 6.40. The van der Waals surface area contributed by atoms with Crippen LogP contribution in [0.1, 0.15) is 15.9 Å². The van der Waals surface area contributed by atoms with E-state index in [0.29, 0.717) is 11.3 Å². The highest BCUT2D eigenvalue weighted by Gasteiger charge is 2.10. The van der Waals surface area contributed by atoms with Crippen LogP contribution in [0, 0.1) is 12.7 Å². The molecule has 2 N–H and O–H groups in total. The van der Waals surface area contributed by atoms with Gasteiger partial charge in [-0.15, -0.1) is 0 Å². The predicted molar refractivity (Wildman–Crippen MR) is 81.3 cm³/mol. The molecule has 2 aromatic rings. The zero-order valence-corrected chi connectivity index (χ0v) is 11.6. The van der Waals surface area contributed by atoms with Crippen molar-refractivity contribution in [1.29, 1.82) is 0 Å².